The van der Waals surface area contributed by atoms with Gasteiger partial charge in [-0.15, -0.1) is 11.3 Å². The maximum absolute atomic E-state index is 13.5. The van der Waals surface area contributed by atoms with E-state index in [9.17, 15) is 4.79 Å². The van der Waals surface area contributed by atoms with Crippen LogP contribution in [-0.4, -0.2) is 15.9 Å². The number of nitrogens with zero attached hydrogens (tertiary/aromatic N) is 2. The highest BCUT2D eigenvalue weighted by molar-refractivity contribution is 7.99. The van der Waals surface area contributed by atoms with E-state index >= 15 is 0 Å². The lowest BCUT2D eigenvalue weighted by Crippen LogP contribution is -2.31. The lowest BCUT2D eigenvalue weighted by Gasteiger charge is -2.26. The van der Waals surface area contributed by atoms with Gasteiger partial charge >= 0.3 is 0 Å². The molecular weight excluding hydrogens is 470 g/mol. The van der Waals surface area contributed by atoms with Gasteiger partial charge in [-0.2, -0.15) is 0 Å². The quantitative estimate of drug-likeness (QED) is 0.261. The molecular formula is C29H23N3OS2. The normalized spacial score (nSPS) is 15.0. The van der Waals surface area contributed by atoms with E-state index in [0.29, 0.717) is 5.56 Å². The van der Waals surface area contributed by atoms with Gasteiger partial charge in [-0.25, -0.2) is 9.97 Å². The monoisotopic (exact) mass is 493 g/mol. The van der Waals surface area contributed by atoms with Crippen molar-refractivity contribution < 1.29 is 4.79 Å². The number of benzene rings is 3. The standard InChI is InChI=1S/C29H23N3OS2/c33-27(32-24-15-8-12-19-11-4-5-13-21(19)24)22-14-6-7-16-25(22)35-29-26-23(20-9-2-1-3-10-20)17-34-28(26)30-18-31-29/h1-7,9-11,13-14,16-18,24H,8,12,15H2,(H,32,33). The second-order valence-corrected chi connectivity index (χ2v) is 10.5. The molecule has 0 spiro atoms. The number of thiophene rings is 1. The molecule has 0 radical (unpaired) electrons. The molecule has 35 heavy (non-hydrogen) atoms. The molecule has 172 valence electrons. The summed E-state index contributed by atoms with van der Waals surface area (Å²) in [6, 6.07) is 26.6. The number of aryl methyl sites for hydroxylation is 1. The summed E-state index contributed by atoms with van der Waals surface area (Å²) in [5.41, 5.74) is 5.50. The molecule has 6 rings (SSSR count). The number of hydrogen-bond acceptors (Lipinski definition) is 5. The average molecular weight is 494 g/mol. The molecule has 2 aromatic heterocycles. The van der Waals surface area contributed by atoms with E-state index in [1.54, 1.807) is 17.7 Å². The summed E-state index contributed by atoms with van der Waals surface area (Å²) in [6.45, 7) is 0. The zero-order valence-corrected chi connectivity index (χ0v) is 20.6. The van der Waals surface area contributed by atoms with Crippen LogP contribution in [0.2, 0.25) is 0 Å². The van der Waals surface area contributed by atoms with E-state index < -0.39 is 0 Å². The van der Waals surface area contributed by atoms with Gasteiger partial charge in [0.1, 0.15) is 16.2 Å². The van der Waals surface area contributed by atoms with Crippen LogP contribution in [0.3, 0.4) is 0 Å². The Bertz CT molecular complexity index is 1510. The van der Waals surface area contributed by atoms with Crippen LogP contribution in [0.15, 0.2) is 100 Å². The second-order valence-electron chi connectivity index (χ2n) is 8.59. The summed E-state index contributed by atoms with van der Waals surface area (Å²) in [5.74, 6) is -0.0475. The Morgan fingerprint density at radius 1 is 0.943 bits per heavy atom. The van der Waals surface area contributed by atoms with Crippen molar-refractivity contribution in [1.29, 1.82) is 0 Å². The molecule has 4 nitrogen and oxygen atoms in total. The SMILES string of the molecule is O=C(NC1CCCc2ccccc21)c1ccccc1Sc1ncnc2scc(-c3ccccc3)c12. The van der Waals surface area contributed by atoms with Gasteiger partial charge in [0.05, 0.1) is 17.0 Å². The van der Waals surface area contributed by atoms with Crippen LogP contribution in [0.5, 0.6) is 0 Å². The Labute approximate surface area is 212 Å². The molecule has 0 aliphatic heterocycles. The number of aromatic nitrogens is 2. The topological polar surface area (TPSA) is 54.9 Å². The van der Waals surface area contributed by atoms with Gasteiger partial charge in [-0.1, -0.05) is 78.5 Å². The van der Waals surface area contributed by atoms with E-state index in [2.05, 4.69) is 57.1 Å². The molecule has 0 saturated carbocycles. The summed E-state index contributed by atoms with van der Waals surface area (Å²) in [7, 11) is 0. The van der Waals surface area contributed by atoms with Gasteiger partial charge in [-0.05, 0) is 48.1 Å². The lowest BCUT2D eigenvalue weighted by atomic mass is 9.87. The fourth-order valence-electron chi connectivity index (χ4n) is 4.74. The van der Waals surface area contributed by atoms with Gasteiger partial charge < -0.3 is 5.32 Å². The molecule has 0 fully saturated rings. The van der Waals surface area contributed by atoms with Crippen molar-refractivity contribution in [3.05, 3.63) is 107 Å². The molecule has 1 unspecified atom stereocenters. The summed E-state index contributed by atoms with van der Waals surface area (Å²) in [5, 5.41) is 7.33. The third kappa shape index (κ3) is 4.35. The highest BCUT2D eigenvalue weighted by atomic mass is 32.2. The fourth-order valence-corrected chi connectivity index (χ4v) is 6.76. The van der Waals surface area contributed by atoms with Gasteiger partial charge in [0, 0.05) is 15.8 Å². The molecule has 1 aliphatic carbocycles. The number of rotatable bonds is 5. The van der Waals surface area contributed by atoms with Crippen molar-refractivity contribution in [3.8, 4) is 11.1 Å². The van der Waals surface area contributed by atoms with Crippen LogP contribution in [-0.2, 0) is 6.42 Å². The minimum atomic E-state index is -0.0475. The van der Waals surface area contributed by atoms with E-state index in [1.807, 2.05) is 42.5 Å². The van der Waals surface area contributed by atoms with Crippen molar-refractivity contribution in [2.24, 2.45) is 0 Å². The van der Waals surface area contributed by atoms with Crippen molar-refractivity contribution in [2.45, 2.75) is 35.2 Å². The van der Waals surface area contributed by atoms with Crippen molar-refractivity contribution in [2.75, 3.05) is 0 Å². The van der Waals surface area contributed by atoms with Crippen LogP contribution in [0, 0.1) is 0 Å². The van der Waals surface area contributed by atoms with Gasteiger partial charge in [0.2, 0.25) is 0 Å². The number of carbonyl (C=O) groups excluding carboxylic acids is 1. The second kappa shape index (κ2) is 9.64. The predicted octanol–water partition coefficient (Wildman–Crippen LogP) is 7.32. The number of hydrogen-bond donors (Lipinski definition) is 1. The first-order valence-corrected chi connectivity index (χ1v) is 13.4. The summed E-state index contributed by atoms with van der Waals surface area (Å²) >= 11 is 3.14. The van der Waals surface area contributed by atoms with Crippen molar-refractivity contribution in [3.63, 3.8) is 0 Å². The Hall–Kier alpha value is -3.48. The Morgan fingerprint density at radius 2 is 1.74 bits per heavy atom. The number of amides is 1. The highest BCUT2D eigenvalue weighted by Gasteiger charge is 2.23. The number of nitrogens with one attached hydrogen (secondary N) is 1. The van der Waals surface area contributed by atoms with Gasteiger partial charge in [0.15, 0.2) is 0 Å². The molecule has 5 aromatic rings. The molecule has 2 heterocycles. The van der Waals surface area contributed by atoms with E-state index in [1.165, 1.54) is 22.9 Å². The lowest BCUT2D eigenvalue weighted by molar-refractivity contribution is 0.0930. The van der Waals surface area contributed by atoms with Gasteiger partial charge in [-0.3, -0.25) is 4.79 Å². The third-order valence-electron chi connectivity index (χ3n) is 6.43. The van der Waals surface area contributed by atoms with E-state index in [4.69, 9.17) is 0 Å². The van der Waals surface area contributed by atoms with Crippen LogP contribution >= 0.6 is 23.1 Å². The van der Waals surface area contributed by atoms with Crippen LogP contribution in [0.4, 0.5) is 0 Å². The Kier molecular flexibility index (Phi) is 6.06. The zero-order chi connectivity index (χ0) is 23.6. The molecule has 1 amide bonds. The molecule has 6 heteroatoms. The molecule has 3 aromatic carbocycles. The third-order valence-corrected chi connectivity index (χ3v) is 8.40. The smallest absolute Gasteiger partial charge is 0.252 e. The number of carbonyl (C=O) groups is 1. The molecule has 1 aliphatic rings. The summed E-state index contributed by atoms with van der Waals surface area (Å²) in [6.07, 6.45) is 4.72. The zero-order valence-electron chi connectivity index (χ0n) is 19.0. The van der Waals surface area contributed by atoms with Crippen molar-refractivity contribution in [1.82, 2.24) is 15.3 Å². The van der Waals surface area contributed by atoms with Crippen LogP contribution < -0.4 is 5.32 Å². The Morgan fingerprint density at radius 3 is 2.66 bits per heavy atom. The summed E-state index contributed by atoms with van der Waals surface area (Å²) < 4.78 is 0. The van der Waals surface area contributed by atoms with E-state index in [-0.39, 0.29) is 11.9 Å². The van der Waals surface area contributed by atoms with Crippen molar-refractivity contribution >= 4 is 39.2 Å². The minimum absolute atomic E-state index is 0.0396. The largest absolute Gasteiger partial charge is 0.345 e. The first kappa shape index (κ1) is 22.0. The highest BCUT2D eigenvalue weighted by Crippen LogP contribution is 2.41. The maximum Gasteiger partial charge on any atom is 0.252 e. The Balaban J connectivity index is 1.33. The average Bonchev–Trinajstić information content (AvgIpc) is 3.35. The fraction of sp³-hybridized carbons (Fsp3) is 0.138. The molecule has 1 atom stereocenters. The molecule has 0 saturated heterocycles. The molecule has 1 N–H and O–H groups in total. The van der Waals surface area contributed by atoms with Crippen LogP contribution in [0.25, 0.3) is 21.3 Å². The minimum Gasteiger partial charge on any atom is -0.345 e. The maximum atomic E-state index is 13.5. The van der Waals surface area contributed by atoms with Crippen LogP contribution in [0.1, 0.15) is 40.4 Å². The first-order chi connectivity index (χ1) is 17.3. The summed E-state index contributed by atoms with van der Waals surface area (Å²) in [4.78, 5) is 24.4. The first-order valence-electron chi connectivity index (χ1n) is 11.7. The molecule has 0 bridgehead atoms. The predicted molar refractivity (Wildman–Crippen MR) is 143 cm³/mol. The van der Waals surface area contributed by atoms with Gasteiger partial charge in [0.25, 0.3) is 5.91 Å². The van der Waals surface area contributed by atoms with E-state index in [0.717, 1.165) is 50.5 Å². The number of fused-ring (bicyclic) bond motifs is 2.